The summed E-state index contributed by atoms with van der Waals surface area (Å²) in [5.74, 6) is 0. The second-order valence-corrected chi connectivity index (χ2v) is 5.73. The third-order valence-electron chi connectivity index (χ3n) is 4.15. The van der Waals surface area contributed by atoms with Crippen LogP contribution in [0.5, 0.6) is 0 Å². The molecule has 2 unspecified atom stereocenters. The minimum atomic E-state index is 0.536. The standard InChI is InChI=1S/C16H22N4/c1-13-10-15(12-19(13)2)18-16-7-4-3-6-14(16)11-20-9-5-8-17-20/h3-9,13,15,18H,10-12H2,1-2H3. The molecule has 1 aromatic carbocycles. The lowest BCUT2D eigenvalue weighted by Gasteiger charge is -2.17. The van der Waals surface area contributed by atoms with E-state index in [9.17, 15) is 0 Å². The van der Waals surface area contributed by atoms with E-state index in [1.54, 1.807) is 0 Å². The van der Waals surface area contributed by atoms with Gasteiger partial charge in [-0.25, -0.2) is 0 Å². The highest BCUT2D eigenvalue weighted by molar-refractivity contribution is 5.52. The molecule has 4 nitrogen and oxygen atoms in total. The molecule has 1 N–H and O–H groups in total. The van der Waals surface area contributed by atoms with E-state index in [4.69, 9.17) is 0 Å². The van der Waals surface area contributed by atoms with E-state index < -0.39 is 0 Å². The molecule has 2 heterocycles. The van der Waals surface area contributed by atoms with E-state index in [0.717, 1.165) is 13.1 Å². The second kappa shape index (κ2) is 5.67. The van der Waals surface area contributed by atoms with Crippen LogP contribution in [0.25, 0.3) is 0 Å². The maximum absolute atomic E-state index is 4.29. The van der Waals surface area contributed by atoms with E-state index in [1.165, 1.54) is 17.7 Å². The quantitative estimate of drug-likeness (QED) is 0.926. The summed E-state index contributed by atoms with van der Waals surface area (Å²) < 4.78 is 1.96. The highest BCUT2D eigenvalue weighted by Crippen LogP contribution is 2.22. The van der Waals surface area contributed by atoms with Gasteiger partial charge in [-0.1, -0.05) is 18.2 Å². The molecule has 1 fully saturated rings. The lowest BCUT2D eigenvalue weighted by molar-refractivity contribution is 0.330. The molecule has 20 heavy (non-hydrogen) atoms. The fraction of sp³-hybridized carbons (Fsp3) is 0.438. The van der Waals surface area contributed by atoms with Crippen molar-refractivity contribution in [2.75, 3.05) is 18.9 Å². The zero-order valence-corrected chi connectivity index (χ0v) is 12.2. The predicted molar refractivity (Wildman–Crippen MR) is 81.9 cm³/mol. The summed E-state index contributed by atoms with van der Waals surface area (Å²) in [6.07, 6.45) is 5.03. The van der Waals surface area contributed by atoms with Crippen LogP contribution in [0.1, 0.15) is 18.9 Å². The molecule has 0 radical (unpaired) electrons. The maximum atomic E-state index is 4.29. The van der Waals surface area contributed by atoms with Crippen molar-refractivity contribution in [3.8, 4) is 0 Å². The normalized spacial score (nSPS) is 23.1. The van der Waals surface area contributed by atoms with E-state index in [-0.39, 0.29) is 0 Å². The predicted octanol–water partition coefficient (Wildman–Crippen LogP) is 2.44. The number of likely N-dealkylation sites (N-methyl/N-ethyl adjacent to an activating group) is 1. The van der Waals surface area contributed by atoms with Crippen molar-refractivity contribution < 1.29 is 0 Å². The molecule has 0 aliphatic carbocycles. The van der Waals surface area contributed by atoms with Crippen molar-refractivity contribution in [1.29, 1.82) is 0 Å². The summed E-state index contributed by atoms with van der Waals surface area (Å²) in [5.41, 5.74) is 2.52. The molecule has 1 aromatic heterocycles. The van der Waals surface area contributed by atoms with Crippen LogP contribution in [-0.4, -0.2) is 40.4 Å². The first-order valence-corrected chi connectivity index (χ1v) is 7.24. The summed E-state index contributed by atoms with van der Waals surface area (Å²) in [7, 11) is 2.20. The number of aromatic nitrogens is 2. The van der Waals surface area contributed by atoms with Crippen LogP contribution in [0.2, 0.25) is 0 Å². The Balaban J connectivity index is 1.73. The van der Waals surface area contributed by atoms with Crippen molar-refractivity contribution in [2.24, 2.45) is 0 Å². The molecule has 1 aliphatic rings. The van der Waals surface area contributed by atoms with Gasteiger partial charge in [0.15, 0.2) is 0 Å². The minimum Gasteiger partial charge on any atom is -0.381 e. The van der Waals surface area contributed by atoms with Crippen LogP contribution in [0.15, 0.2) is 42.7 Å². The molecule has 2 atom stereocenters. The minimum absolute atomic E-state index is 0.536. The van der Waals surface area contributed by atoms with E-state index in [2.05, 4.69) is 53.6 Å². The van der Waals surface area contributed by atoms with Crippen LogP contribution >= 0.6 is 0 Å². The Labute approximate surface area is 120 Å². The monoisotopic (exact) mass is 270 g/mol. The van der Waals surface area contributed by atoms with Gasteiger partial charge >= 0.3 is 0 Å². The third-order valence-corrected chi connectivity index (χ3v) is 4.15. The Morgan fingerprint density at radius 1 is 1.30 bits per heavy atom. The summed E-state index contributed by atoms with van der Waals surface area (Å²) in [6, 6.07) is 11.7. The highest BCUT2D eigenvalue weighted by atomic mass is 15.3. The Hall–Kier alpha value is -1.81. The molecular formula is C16H22N4. The second-order valence-electron chi connectivity index (χ2n) is 5.73. The SMILES string of the molecule is CC1CC(Nc2ccccc2Cn2cccn2)CN1C. The summed E-state index contributed by atoms with van der Waals surface area (Å²) in [6.45, 7) is 4.21. The molecule has 0 spiro atoms. The Bertz CT molecular complexity index is 539. The van der Waals surface area contributed by atoms with Gasteiger partial charge in [-0.3, -0.25) is 4.68 Å². The van der Waals surface area contributed by atoms with Crippen LogP contribution in [0, 0.1) is 0 Å². The van der Waals surface area contributed by atoms with Gasteiger partial charge in [-0.05, 0) is 38.1 Å². The maximum Gasteiger partial charge on any atom is 0.0679 e. The zero-order chi connectivity index (χ0) is 13.9. The van der Waals surface area contributed by atoms with Crippen LogP contribution in [-0.2, 0) is 6.54 Å². The van der Waals surface area contributed by atoms with Gasteiger partial charge in [0.2, 0.25) is 0 Å². The van der Waals surface area contributed by atoms with Crippen molar-refractivity contribution in [2.45, 2.75) is 32.0 Å². The smallest absolute Gasteiger partial charge is 0.0679 e. The first-order valence-electron chi connectivity index (χ1n) is 7.24. The molecule has 4 heteroatoms. The molecule has 106 valence electrons. The van der Waals surface area contributed by atoms with Crippen molar-refractivity contribution in [3.05, 3.63) is 48.3 Å². The topological polar surface area (TPSA) is 33.1 Å². The first-order chi connectivity index (χ1) is 9.72. The average molecular weight is 270 g/mol. The first kappa shape index (κ1) is 13.2. The summed E-state index contributed by atoms with van der Waals surface area (Å²) >= 11 is 0. The van der Waals surface area contributed by atoms with Gasteiger partial charge in [0.1, 0.15) is 0 Å². The lowest BCUT2D eigenvalue weighted by atomic mass is 10.1. The number of nitrogens with one attached hydrogen (secondary N) is 1. The molecule has 2 aromatic rings. The van der Waals surface area contributed by atoms with Gasteiger partial charge in [0, 0.05) is 36.7 Å². The van der Waals surface area contributed by atoms with Gasteiger partial charge < -0.3 is 10.2 Å². The number of likely N-dealkylation sites (tertiary alicyclic amines) is 1. The lowest BCUT2D eigenvalue weighted by Crippen LogP contribution is -2.25. The van der Waals surface area contributed by atoms with Crippen molar-refractivity contribution >= 4 is 5.69 Å². The summed E-state index contributed by atoms with van der Waals surface area (Å²) in [5, 5.41) is 7.99. The van der Waals surface area contributed by atoms with E-state index >= 15 is 0 Å². The highest BCUT2D eigenvalue weighted by Gasteiger charge is 2.26. The average Bonchev–Trinajstić information content (AvgIpc) is 3.03. The van der Waals surface area contributed by atoms with Crippen LogP contribution in [0.4, 0.5) is 5.69 Å². The summed E-state index contributed by atoms with van der Waals surface area (Å²) in [4.78, 5) is 2.41. The number of nitrogens with zero attached hydrogens (tertiary/aromatic N) is 3. The largest absolute Gasteiger partial charge is 0.381 e. The van der Waals surface area contributed by atoms with E-state index in [1.807, 2.05) is 23.1 Å². The van der Waals surface area contributed by atoms with E-state index in [0.29, 0.717) is 12.1 Å². The van der Waals surface area contributed by atoms with Gasteiger partial charge in [0.25, 0.3) is 0 Å². The number of hydrogen-bond acceptors (Lipinski definition) is 3. The van der Waals surface area contributed by atoms with Gasteiger partial charge in [-0.15, -0.1) is 0 Å². The van der Waals surface area contributed by atoms with Gasteiger partial charge in [0.05, 0.1) is 6.54 Å². The van der Waals surface area contributed by atoms with Crippen molar-refractivity contribution in [1.82, 2.24) is 14.7 Å². The number of rotatable bonds is 4. The molecule has 1 saturated heterocycles. The number of hydrogen-bond donors (Lipinski definition) is 1. The third kappa shape index (κ3) is 2.85. The molecule has 1 aliphatic heterocycles. The zero-order valence-electron chi connectivity index (χ0n) is 12.2. The number of benzene rings is 1. The molecule has 0 bridgehead atoms. The number of para-hydroxylation sites is 1. The fourth-order valence-electron chi connectivity index (χ4n) is 2.89. The number of anilines is 1. The molecular weight excluding hydrogens is 248 g/mol. The molecule has 3 rings (SSSR count). The van der Waals surface area contributed by atoms with Crippen LogP contribution < -0.4 is 5.32 Å². The Morgan fingerprint density at radius 3 is 2.85 bits per heavy atom. The van der Waals surface area contributed by atoms with Gasteiger partial charge in [-0.2, -0.15) is 5.10 Å². The van der Waals surface area contributed by atoms with Crippen LogP contribution in [0.3, 0.4) is 0 Å². The molecule has 0 amide bonds. The fourth-order valence-corrected chi connectivity index (χ4v) is 2.89. The Morgan fingerprint density at radius 2 is 2.15 bits per heavy atom. The molecule has 0 saturated carbocycles. The Kier molecular flexibility index (Phi) is 3.74. The van der Waals surface area contributed by atoms with Crippen molar-refractivity contribution in [3.63, 3.8) is 0 Å².